The van der Waals surface area contributed by atoms with Crippen LogP contribution in [0.15, 0.2) is 152 Å². The highest BCUT2D eigenvalue weighted by Crippen LogP contribution is 2.37. The number of hydrogen-bond acceptors (Lipinski definition) is 0. The first-order chi connectivity index (χ1) is 18.9. The Bertz CT molecular complexity index is 1910. The summed E-state index contributed by atoms with van der Waals surface area (Å²) in [5.74, 6) is 0. The van der Waals surface area contributed by atoms with E-state index in [2.05, 4.69) is 156 Å². The van der Waals surface area contributed by atoms with Crippen LogP contribution >= 0.6 is 0 Å². The molecule has 1 aliphatic rings. The molecule has 2 heteroatoms. The Morgan fingerprint density at radius 1 is 0.421 bits per heavy atom. The minimum Gasteiger partial charge on any atom is -0.309 e. The molecule has 7 aromatic rings. The molecular formula is C36H25NSi. The van der Waals surface area contributed by atoms with Crippen molar-refractivity contribution in [3.8, 4) is 16.8 Å². The highest BCUT2D eigenvalue weighted by molar-refractivity contribution is 7.21. The first-order valence-electron chi connectivity index (χ1n) is 13.2. The normalized spacial score (nSPS) is 13.5. The summed E-state index contributed by atoms with van der Waals surface area (Å²) in [6.07, 6.45) is 0. The fourth-order valence-corrected chi connectivity index (χ4v) is 11.9. The van der Waals surface area contributed by atoms with Crippen molar-refractivity contribution in [3.63, 3.8) is 0 Å². The predicted octanol–water partition coefficient (Wildman–Crippen LogP) is 6.14. The average Bonchev–Trinajstić information content (AvgIpc) is 3.34. The third kappa shape index (κ3) is 2.81. The molecule has 0 saturated carbocycles. The van der Waals surface area contributed by atoms with Crippen LogP contribution in [-0.4, -0.2) is 12.6 Å². The van der Waals surface area contributed by atoms with Crippen molar-refractivity contribution < 1.29 is 0 Å². The Labute approximate surface area is 223 Å². The lowest BCUT2D eigenvalue weighted by atomic mass is 10.0. The number of hydrogen-bond donors (Lipinski definition) is 0. The Balaban J connectivity index is 1.66. The van der Waals surface area contributed by atoms with Crippen LogP contribution in [0.25, 0.3) is 38.6 Å². The fourth-order valence-electron chi connectivity index (χ4n) is 6.73. The van der Waals surface area contributed by atoms with Crippen molar-refractivity contribution in [1.82, 2.24) is 4.57 Å². The van der Waals surface area contributed by atoms with E-state index >= 15 is 0 Å². The van der Waals surface area contributed by atoms with Gasteiger partial charge in [-0.1, -0.05) is 133 Å². The van der Waals surface area contributed by atoms with Crippen LogP contribution in [0, 0.1) is 0 Å². The van der Waals surface area contributed by atoms with Gasteiger partial charge in [0.15, 0.2) is 8.07 Å². The Morgan fingerprint density at radius 3 is 1.71 bits per heavy atom. The van der Waals surface area contributed by atoms with Crippen molar-refractivity contribution >= 4 is 50.6 Å². The van der Waals surface area contributed by atoms with Crippen molar-refractivity contribution in [2.24, 2.45) is 0 Å². The van der Waals surface area contributed by atoms with Gasteiger partial charge in [-0.05, 0) is 50.1 Å². The summed E-state index contributed by atoms with van der Waals surface area (Å²) in [4.78, 5) is 0. The van der Waals surface area contributed by atoms with Crippen LogP contribution in [0.2, 0.25) is 0 Å². The molecule has 0 unspecified atom stereocenters. The molecule has 0 bridgehead atoms. The molecule has 1 aromatic heterocycles. The number of fused-ring (bicyclic) bond motifs is 5. The van der Waals surface area contributed by atoms with Crippen LogP contribution in [0.4, 0.5) is 0 Å². The molecule has 0 aliphatic carbocycles. The summed E-state index contributed by atoms with van der Waals surface area (Å²) >= 11 is 0. The highest BCUT2D eigenvalue weighted by Gasteiger charge is 2.47. The quantitative estimate of drug-likeness (QED) is 0.257. The topological polar surface area (TPSA) is 4.93 Å². The molecule has 0 N–H and O–H groups in total. The molecule has 0 atom stereocenters. The number of nitrogens with zero attached hydrogens (tertiary/aromatic N) is 1. The molecule has 1 aliphatic heterocycles. The van der Waals surface area contributed by atoms with Gasteiger partial charge in [0.25, 0.3) is 0 Å². The van der Waals surface area contributed by atoms with Gasteiger partial charge in [0.05, 0.1) is 11.0 Å². The van der Waals surface area contributed by atoms with E-state index in [1.807, 2.05) is 0 Å². The van der Waals surface area contributed by atoms with Gasteiger partial charge in [-0.2, -0.15) is 0 Å². The SMILES string of the molecule is c1ccc(-c2cc3c4c(c2)c2ccccc2n4-c2ccccc2[Si]3(c2ccccc2)c2ccccc2)cc1. The second-order valence-electron chi connectivity index (χ2n) is 10.1. The highest BCUT2D eigenvalue weighted by atomic mass is 28.3. The average molecular weight is 500 g/mol. The molecule has 0 fully saturated rings. The van der Waals surface area contributed by atoms with Crippen molar-refractivity contribution in [1.29, 1.82) is 0 Å². The van der Waals surface area contributed by atoms with E-state index in [1.54, 1.807) is 0 Å². The summed E-state index contributed by atoms with van der Waals surface area (Å²) in [7, 11) is -2.65. The second kappa shape index (κ2) is 8.17. The van der Waals surface area contributed by atoms with Crippen LogP contribution in [0.1, 0.15) is 0 Å². The summed E-state index contributed by atoms with van der Waals surface area (Å²) in [5.41, 5.74) is 6.46. The summed E-state index contributed by atoms with van der Waals surface area (Å²) in [6, 6.07) is 56.3. The third-order valence-electron chi connectivity index (χ3n) is 8.24. The van der Waals surface area contributed by atoms with Gasteiger partial charge in [-0.25, -0.2) is 0 Å². The standard InChI is InChI=1S/C36H25NSi/c1-4-14-26(15-5-1)27-24-31-30-20-10-11-21-32(30)37-33-22-12-13-23-34(33)38(35(25-27)36(31)37,28-16-6-2-7-17-28)29-18-8-3-9-19-29/h1-25H. The van der Waals surface area contributed by atoms with Gasteiger partial charge in [-0.3, -0.25) is 0 Å². The predicted molar refractivity (Wildman–Crippen MR) is 163 cm³/mol. The first kappa shape index (κ1) is 21.4. The molecular weight excluding hydrogens is 474 g/mol. The van der Waals surface area contributed by atoms with E-state index in [0.29, 0.717) is 0 Å². The van der Waals surface area contributed by atoms with Gasteiger partial charge in [0.2, 0.25) is 0 Å². The minimum absolute atomic E-state index is 1.25. The van der Waals surface area contributed by atoms with E-state index in [0.717, 1.165) is 0 Å². The third-order valence-corrected chi connectivity index (χ3v) is 13.1. The number of aromatic nitrogens is 1. The maximum Gasteiger partial charge on any atom is 0.184 e. The zero-order valence-corrected chi connectivity index (χ0v) is 21.9. The molecule has 8 rings (SSSR count). The van der Waals surface area contributed by atoms with Crippen molar-refractivity contribution in [3.05, 3.63) is 152 Å². The number of para-hydroxylation sites is 2. The van der Waals surface area contributed by atoms with E-state index in [4.69, 9.17) is 0 Å². The Kier molecular flexibility index (Phi) is 4.61. The van der Waals surface area contributed by atoms with Crippen LogP contribution in [0.3, 0.4) is 0 Å². The van der Waals surface area contributed by atoms with Gasteiger partial charge in [-0.15, -0.1) is 0 Å². The largest absolute Gasteiger partial charge is 0.309 e. The second-order valence-corrected chi connectivity index (χ2v) is 13.9. The van der Waals surface area contributed by atoms with Gasteiger partial charge < -0.3 is 4.57 Å². The lowest BCUT2D eigenvalue weighted by molar-refractivity contribution is 1.19. The fraction of sp³-hybridized carbons (Fsp3) is 0. The van der Waals surface area contributed by atoms with Gasteiger partial charge in [0.1, 0.15) is 0 Å². The molecule has 0 saturated heterocycles. The van der Waals surface area contributed by atoms with Crippen LogP contribution in [-0.2, 0) is 0 Å². The minimum atomic E-state index is -2.65. The number of benzene rings is 6. The molecule has 0 radical (unpaired) electrons. The molecule has 1 nitrogen and oxygen atoms in total. The van der Waals surface area contributed by atoms with E-state index in [1.165, 1.54) is 59.4 Å². The maximum absolute atomic E-state index is 2.65. The van der Waals surface area contributed by atoms with E-state index in [-0.39, 0.29) is 0 Å². The molecule has 0 spiro atoms. The molecule has 0 amide bonds. The van der Waals surface area contributed by atoms with E-state index in [9.17, 15) is 0 Å². The number of rotatable bonds is 3. The van der Waals surface area contributed by atoms with Crippen LogP contribution < -0.4 is 20.7 Å². The zero-order chi connectivity index (χ0) is 25.1. The first-order valence-corrected chi connectivity index (χ1v) is 15.2. The van der Waals surface area contributed by atoms with Crippen LogP contribution in [0.5, 0.6) is 0 Å². The molecule has 2 heterocycles. The van der Waals surface area contributed by atoms with Gasteiger partial charge in [0, 0.05) is 16.5 Å². The van der Waals surface area contributed by atoms with E-state index < -0.39 is 8.07 Å². The molecule has 6 aromatic carbocycles. The lowest BCUT2D eigenvalue weighted by Crippen LogP contribution is -2.76. The summed E-state index contributed by atoms with van der Waals surface area (Å²) in [5, 5.41) is 8.37. The lowest BCUT2D eigenvalue weighted by Gasteiger charge is -2.40. The molecule has 38 heavy (non-hydrogen) atoms. The molecule has 178 valence electrons. The van der Waals surface area contributed by atoms with Gasteiger partial charge >= 0.3 is 0 Å². The zero-order valence-electron chi connectivity index (χ0n) is 20.9. The Hall–Kier alpha value is -4.66. The summed E-state index contributed by atoms with van der Waals surface area (Å²) in [6.45, 7) is 0. The monoisotopic (exact) mass is 499 g/mol. The smallest absolute Gasteiger partial charge is 0.184 e. The summed E-state index contributed by atoms with van der Waals surface area (Å²) < 4.78 is 2.53. The Morgan fingerprint density at radius 2 is 1.00 bits per heavy atom. The maximum atomic E-state index is 2.53. The van der Waals surface area contributed by atoms with Crippen molar-refractivity contribution in [2.45, 2.75) is 0 Å². The van der Waals surface area contributed by atoms with Crippen molar-refractivity contribution in [2.75, 3.05) is 0 Å².